The molecule has 154 valence electrons. The first-order valence-electron chi connectivity index (χ1n) is 9.64. The summed E-state index contributed by atoms with van der Waals surface area (Å²) < 4.78 is 11.6. The van der Waals surface area contributed by atoms with Crippen LogP contribution in [-0.2, 0) is 6.42 Å². The Labute approximate surface area is 183 Å². The van der Waals surface area contributed by atoms with Crippen LogP contribution in [0.15, 0.2) is 69.8 Å². The summed E-state index contributed by atoms with van der Waals surface area (Å²) in [6.45, 7) is 1.05. The summed E-state index contributed by atoms with van der Waals surface area (Å²) in [5.41, 5.74) is 2.09. The molecule has 1 atom stereocenters. The number of halogens is 1. The van der Waals surface area contributed by atoms with Crippen LogP contribution in [0.2, 0.25) is 0 Å². The second-order valence-electron chi connectivity index (χ2n) is 7.18. The molecule has 3 aromatic rings. The van der Waals surface area contributed by atoms with Crippen LogP contribution in [0.3, 0.4) is 0 Å². The molecule has 1 aliphatic heterocycles. The van der Waals surface area contributed by atoms with Crippen LogP contribution in [0.4, 0.5) is 5.69 Å². The van der Waals surface area contributed by atoms with E-state index in [1.165, 1.54) is 4.90 Å². The molecular formula is C23H21BrN2O4. The molecule has 0 saturated carbocycles. The molecule has 4 rings (SSSR count). The number of furan rings is 1. The number of carbonyl (C=O) groups is 2. The standard InChI is InChI=1S/C23H21BrN2O4/c1-26(23(28)20-10-11-21(24)30-20)18-8-4-3-7-17(18)22(27)25-13-15-12-16-6-2-5-9-19(16)29-14-15/h2-11,15H,12-14H2,1H3,(H,25,27). The summed E-state index contributed by atoms with van der Waals surface area (Å²) in [6, 6.07) is 18.2. The van der Waals surface area contributed by atoms with Gasteiger partial charge in [0.15, 0.2) is 10.4 Å². The number of nitrogens with zero attached hydrogens (tertiary/aromatic N) is 1. The van der Waals surface area contributed by atoms with Gasteiger partial charge in [0, 0.05) is 19.5 Å². The van der Waals surface area contributed by atoms with Gasteiger partial charge >= 0.3 is 0 Å². The van der Waals surface area contributed by atoms with Gasteiger partial charge in [-0.1, -0.05) is 30.3 Å². The number of anilines is 1. The van der Waals surface area contributed by atoms with Crippen molar-refractivity contribution < 1.29 is 18.7 Å². The highest BCUT2D eigenvalue weighted by atomic mass is 79.9. The fourth-order valence-electron chi connectivity index (χ4n) is 3.52. The number of rotatable bonds is 5. The number of ether oxygens (including phenoxy) is 1. The third-order valence-corrected chi connectivity index (χ3v) is 5.53. The summed E-state index contributed by atoms with van der Waals surface area (Å²) in [6.07, 6.45) is 0.851. The van der Waals surface area contributed by atoms with E-state index in [2.05, 4.69) is 21.2 Å². The van der Waals surface area contributed by atoms with Gasteiger partial charge in [-0.05, 0) is 58.2 Å². The van der Waals surface area contributed by atoms with Crippen molar-refractivity contribution in [2.45, 2.75) is 6.42 Å². The molecule has 0 fully saturated rings. The van der Waals surface area contributed by atoms with E-state index in [9.17, 15) is 9.59 Å². The Bertz CT molecular complexity index is 1080. The van der Waals surface area contributed by atoms with E-state index >= 15 is 0 Å². The van der Waals surface area contributed by atoms with Crippen LogP contribution in [0.5, 0.6) is 5.75 Å². The van der Waals surface area contributed by atoms with E-state index in [1.54, 1.807) is 43.4 Å². The summed E-state index contributed by atoms with van der Waals surface area (Å²) >= 11 is 3.20. The van der Waals surface area contributed by atoms with Crippen molar-refractivity contribution in [3.05, 3.63) is 82.2 Å². The quantitative estimate of drug-likeness (QED) is 0.605. The maximum absolute atomic E-state index is 12.9. The summed E-state index contributed by atoms with van der Waals surface area (Å²) in [4.78, 5) is 27.0. The van der Waals surface area contributed by atoms with E-state index in [4.69, 9.17) is 9.15 Å². The number of carbonyl (C=O) groups excluding carboxylic acids is 2. The Morgan fingerprint density at radius 2 is 1.87 bits per heavy atom. The molecule has 1 unspecified atom stereocenters. The first kappa shape index (κ1) is 20.2. The Morgan fingerprint density at radius 3 is 2.67 bits per heavy atom. The number of hydrogen-bond acceptors (Lipinski definition) is 4. The fourth-order valence-corrected chi connectivity index (χ4v) is 3.82. The lowest BCUT2D eigenvalue weighted by molar-refractivity contribution is 0.0939. The van der Waals surface area contributed by atoms with Gasteiger partial charge in [-0.15, -0.1) is 0 Å². The highest BCUT2D eigenvalue weighted by Gasteiger charge is 2.24. The maximum atomic E-state index is 12.9. The van der Waals surface area contributed by atoms with Crippen LogP contribution in [0, 0.1) is 5.92 Å². The summed E-state index contributed by atoms with van der Waals surface area (Å²) in [7, 11) is 1.62. The van der Waals surface area contributed by atoms with Crippen molar-refractivity contribution in [1.82, 2.24) is 5.32 Å². The van der Waals surface area contributed by atoms with Crippen molar-refractivity contribution in [2.24, 2.45) is 5.92 Å². The van der Waals surface area contributed by atoms with E-state index < -0.39 is 0 Å². The average molecular weight is 469 g/mol. The number of amides is 2. The Hall–Kier alpha value is -3.06. The molecule has 2 amide bonds. The minimum absolute atomic E-state index is 0.191. The van der Waals surface area contributed by atoms with Gasteiger partial charge in [0.2, 0.25) is 0 Å². The Morgan fingerprint density at radius 1 is 1.10 bits per heavy atom. The predicted molar refractivity (Wildman–Crippen MR) is 117 cm³/mol. The zero-order valence-electron chi connectivity index (χ0n) is 16.4. The highest BCUT2D eigenvalue weighted by molar-refractivity contribution is 9.10. The predicted octanol–water partition coefficient (Wildman–Crippen LogP) is 4.30. The molecule has 1 N–H and O–H groups in total. The van der Waals surface area contributed by atoms with Crippen molar-refractivity contribution in [2.75, 3.05) is 25.1 Å². The molecule has 0 spiro atoms. The third kappa shape index (κ3) is 4.26. The van der Waals surface area contributed by atoms with Gasteiger partial charge in [0.1, 0.15) is 5.75 Å². The molecule has 6 nitrogen and oxygen atoms in total. The molecule has 0 bridgehead atoms. The molecule has 2 heterocycles. The second kappa shape index (κ2) is 8.75. The van der Waals surface area contributed by atoms with E-state index in [-0.39, 0.29) is 23.5 Å². The number of benzene rings is 2. The third-order valence-electron chi connectivity index (χ3n) is 5.11. The lowest BCUT2D eigenvalue weighted by atomic mass is 9.96. The minimum atomic E-state index is -0.335. The smallest absolute Gasteiger partial charge is 0.293 e. The highest BCUT2D eigenvalue weighted by Crippen LogP contribution is 2.27. The molecule has 0 saturated heterocycles. The van der Waals surface area contributed by atoms with E-state index in [0.29, 0.717) is 29.1 Å². The lowest BCUT2D eigenvalue weighted by Crippen LogP contribution is -2.36. The van der Waals surface area contributed by atoms with Gasteiger partial charge in [-0.25, -0.2) is 0 Å². The summed E-state index contributed by atoms with van der Waals surface area (Å²) in [5.74, 6) is 0.728. The zero-order chi connectivity index (χ0) is 21.1. The van der Waals surface area contributed by atoms with Crippen LogP contribution in [0.1, 0.15) is 26.5 Å². The second-order valence-corrected chi connectivity index (χ2v) is 7.97. The van der Waals surface area contributed by atoms with Crippen molar-refractivity contribution >= 4 is 33.4 Å². The van der Waals surface area contributed by atoms with Gasteiger partial charge < -0.3 is 19.4 Å². The van der Waals surface area contributed by atoms with Gasteiger partial charge in [-0.2, -0.15) is 0 Å². The van der Waals surface area contributed by atoms with Crippen LogP contribution >= 0.6 is 15.9 Å². The monoisotopic (exact) mass is 468 g/mol. The van der Waals surface area contributed by atoms with Gasteiger partial charge in [0.25, 0.3) is 11.8 Å². The number of hydrogen-bond donors (Lipinski definition) is 1. The summed E-state index contributed by atoms with van der Waals surface area (Å²) in [5, 5.41) is 2.99. The molecule has 1 aliphatic rings. The average Bonchev–Trinajstić information content (AvgIpc) is 3.22. The molecule has 1 aromatic heterocycles. The van der Waals surface area contributed by atoms with Crippen LogP contribution in [0.25, 0.3) is 0 Å². The Balaban J connectivity index is 1.44. The molecule has 30 heavy (non-hydrogen) atoms. The van der Waals surface area contributed by atoms with Crippen LogP contribution in [-0.4, -0.2) is 32.0 Å². The Kier molecular flexibility index (Phi) is 5.90. The SMILES string of the molecule is CN(C(=O)c1ccc(Br)o1)c1ccccc1C(=O)NCC1COc2ccccc2C1. The normalized spacial score (nSPS) is 15.1. The van der Waals surface area contributed by atoms with Crippen molar-refractivity contribution in [3.8, 4) is 5.75 Å². The van der Waals surface area contributed by atoms with Crippen molar-refractivity contribution in [3.63, 3.8) is 0 Å². The number of para-hydroxylation sites is 2. The first-order chi connectivity index (χ1) is 14.5. The minimum Gasteiger partial charge on any atom is -0.493 e. The topological polar surface area (TPSA) is 71.8 Å². The molecule has 0 radical (unpaired) electrons. The van der Waals surface area contributed by atoms with Crippen molar-refractivity contribution in [1.29, 1.82) is 0 Å². The molecule has 7 heteroatoms. The largest absolute Gasteiger partial charge is 0.493 e. The first-order valence-corrected chi connectivity index (χ1v) is 10.4. The maximum Gasteiger partial charge on any atom is 0.293 e. The molecule has 0 aliphatic carbocycles. The number of fused-ring (bicyclic) bond motifs is 1. The molecule has 2 aromatic carbocycles. The van der Waals surface area contributed by atoms with Gasteiger partial charge in [-0.3, -0.25) is 9.59 Å². The van der Waals surface area contributed by atoms with E-state index in [1.807, 2.05) is 24.3 Å². The lowest BCUT2D eigenvalue weighted by Gasteiger charge is -2.25. The fraction of sp³-hybridized carbons (Fsp3) is 0.217. The zero-order valence-corrected chi connectivity index (χ0v) is 18.0. The molecular weight excluding hydrogens is 448 g/mol. The van der Waals surface area contributed by atoms with Crippen LogP contribution < -0.4 is 15.0 Å². The number of nitrogens with one attached hydrogen (secondary N) is 1. The van der Waals surface area contributed by atoms with E-state index in [0.717, 1.165) is 17.7 Å². The van der Waals surface area contributed by atoms with Gasteiger partial charge in [0.05, 0.1) is 17.9 Å².